The predicted octanol–water partition coefficient (Wildman–Crippen LogP) is 3.06. The van der Waals surface area contributed by atoms with E-state index in [2.05, 4.69) is 5.32 Å². The standard InChI is InChI=1S/C21H27FN2O3S/c22-17-3-5-18(6-4-17)28(26,27)24-7-1-2-19(24)20(25)23-21-11-14-8-15(12-21)10-16(9-14)13-21/h3-6,14-16,19H,1-2,7-13H2,(H,23,25)/t14?,15?,16?,19-,21?/m1/s1. The largest absolute Gasteiger partial charge is 0.349 e. The number of hydrogen-bond donors (Lipinski definition) is 1. The van der Waals surface area contributed by atoms with Crippen LogP contribution in [0.15, 0.2) is 29.2 Å². The van der Waals surface area contributed by atoms with Crippen LogP contribution in [0.3, 0.4) is 0 Å². The van der Waals surface area contributed by atoms with E-state index in [0.717, 1.165) is 31.4 Å². The lowest BCUT2D eigenvalue weighted by Crippen LogP contribution is -2.62. The van der Waals surface area contributed by atoms with Crippen LogP contribution in [0.2, 0.25) is 0 Å². The van der Waals surface area contributed by atoms with Gasteiger partial charge >= 0.3 is 0 Å². The summed E-state index contributed by atoms with van der Waals surface area (Å²) >= 11 is 0. The molecular formula is C21H27FN2O3S. The van der Waals surface area contributed by atoms with Crippen molar-refractivity contribution < 1.29 is 17.6 Å². The molecule has 28 heavy (non-hydrogen) atoms. The van der Waals surface area contributed by atoms with Gasteiger partial charge in [-0.3, -0.25) is 4.79 Å². The van der Waals surface area contributed by atoms with Crippen molar-refractivity contribution in [2.24, 2.45) is 17.8 Å². The third-order valence-electron chi connectivity index (χ3n) is 7.35. The summed E-state index contributed by atoms with van der Waals surface area (Å²) in [4.78, 5) is 13.2. The lowest BCUT2D eigenvalue weighted by molar-refractivity contribution is -0.130. The number of nitrogens with zero attached hydrogens (tertiary/aromatic N) is 1. The Hall–Kier alpha value is -1.47. The molecule has 6 rings (SSSR count). The average Bonchev–Trinajstić information content (AvgIpc) is 3.11. The molecule has 5 aliphatic rings. The van der Waals surface area contributed by atoms with E-state index in [1.54, 1.807) is 0 Å². The maximum Gasteiger partial charge on any atom is 0.243 e. The van der Waals surface area contributed by atoms with Gasteiger partial charge in [-0.1, -0.05) is 0 Å². The molecule has 5 nitrogen and oxygen atoms in total. The molecule has 1 aromatic rings. The van der Waals surface area contributed by atoms with Gasteiger partial charge in [-0.05, 0) is 93.4 Å². The minimum atomic E-state index is -3.81. The van der Waals surface area contributed by atoms with Gasteiger partial charge in [-0.2, -0.15) is 4.31 Å². The van der Waals surface area contributed by atoms with Crippen LogP contribution in [-0.2, 0) is 14.8 Å². The number of hydrogen-bond acceptors (Lipinski definition) is 3. The van der Waals surface area contributed by atoms with Gasteiger partial charge in [0, 0.05) is 12.1 Å². The van der Waals surface area contributed by atoms with E-state index in [1.807, 2.05) is 0 Å². The van der Waals surface area contributed by atoms with Gasteiger partial charge in [0.1, 0.15) is 11.9 Å². The maximum atomic E-state index is 13.2. The van der Waals surface area contributed by atoms with Crippen LogP contribution >= 0.6 is 0 Å². The molecule has 1 aromatic carbocycles. The molecule has 4 aliphatic carbocycles. The quantitative estimate of drug-likeness (QED) is 0.836. The molecule has 4 saturated carbocycles. The first-order valence-electron chi connectivity index (χ1n) is 10.4. The van der Waals surface area contributed by atoms with Crippen LogP contribution in [-0.4, -0.2) is 36.8 Å². The fourth-order valence-corrected chi connectivity index (χ4v) is 8.30. The summed E-state index contributed by atoms with van der Waals surface area (Å²) in [7, 11) is -3.81. The zero-order chi connectivity index (χ0) is 19.5. The van der Waals surface area contributed by atoms with Gasteiger partial charge in [-0.15, -0.1) is 0 Å². The first-order chi connectivity index (χ1) is 13.3. The maximum absolute atomic E-state index is 13.2. The summed E-state index contributed by atoms with van der Waals surface area (Å²) in [5, 5.41) is 3.32. The number of carbonyl (C=O) groups is 1. The predicted molar refractivity (Wildman–Crippen MR) is 102 cm³/mol. The molecule has 1 saturated heterocycles. The molecule has 152 valence electrons. The molecule has 1 amide bonds. The lowest BCUT2D eigenvalue weighted by Gasteiger charge is -2.57. The van der Waals surface area contributed by atoms with Crippen molar-refractivity contribution in [3.05, 3.63) is 30.1 Å². The van der Waals surface area contributed by atoms with Crippen molar-refractivity contribution in [1.29, 1.82) is 0 Å². The highest BCUT2D eigenvalue weighted by Gasteiger charge is 2.52. The van der Waals surface area contributed by atoms with E-state index in [-0.39, 0.29) is 16.3 Å². The number of rotatable bonds is 4. The fourth-order valence-electron chi connectivity index (χ4n) is 6.64. The third-order valence-corrected chi connectivity index (χ3v) is 9.28. The normalized spacial score (nSPS) is 37.3. The van der Waals surface area contributed by atoms with Crippen LogP contribution in [0.4, 0.5) is 4.39 Å². The third kappa shape index (κ3) is 3.07. The fraction of sp³-hybridized carbons (Fsp3) is 0.667. The number of amides is 1. The van der Waals surface area contributed by atoms with Crippen molar-refractivity contribution in [1.82, 2.24) is 9.62 Å². The lowest BCUT2D eigenvalue weighted by atomic mass is 9.53. The second-order valence-electron chi connectivity index (χ2n) is 9.41. The second kappa shape index (κ2) is 6.52. The Labute approximate surface area is 165 Å². The molecule has 4 bridgehead atoms. The molecule has 1 N–H and O–H groups in total. The Morgan fingerprint density at radius 3 is 2.18 bits per heavy atom. The number of nitrogens with one attached hydrogen (secondary N) is 1. The van der Waals surface area contributed by atoms with Gasteiger partial charge in [0.25, 0.3) is 0 Å². The molecule has 0 aromatic heterocycles. The average molecular weight is 407 g/mol. The first kappa shape index (κ1) is 18.6. The van der Waals surface area contributed by atoms with E-state index in [4.69, 9.17) is 0 Å². The molecule has 0 radical (unpaired) electrons. The molecular weight excluding hydrogens is 379 g/mol. The van der Waals surface area contributed by atoms with Crippen LogP contribution < -0.4 is 5.32 Å². The van der Waals surface area contributed by atoms with Crippen molar-refractivity contribution >= 4 is 15.9 Å². The van der Waals surface area contributed by atoms with Crippen molar-refractivity contribution in [3.63, 3.8) is 0 Å². The number of sulfonamides is 1. The first-order valence-corrected chi connectivity index (χ1v) is 11.9. The molecule has 1 heterocycles. The second-order valence-corrected chi connectivity index (χ2v) is 11.3. The Morgan fingerprint density at radius 1 is 1.04 bits per heavy atom. The van der Waals surface area contributed by atoms with Gasteiger partial charge in [0.15, 0.2) is 0 Å². The Kier molecular flexibility index (Phi) is 4.32. The number of carbonyl (C=O) groups excluding carboxylic acids is 1. The van der Waals surface area contributed by atoms with Crippen LogP contribution in [0.1, 0.15) is 51.4 Å². The van der Waals surface area contributed by atoms with E-state index < -0.39 is 21.9 Å². The molecule has 5 fully saturated rings. The SMILES string of the molecule is O=C(NC12CC3CC(CC(C3)C1)C2)[C@H]1CCCN1S(=O)(=O)c1ccc(F)cc1. The van der Waals surface area contributed by atoms with E-state index >= 15 is 0 Å². The Morgan fingerprint density at radius 2 is 1.61 bits per heavy atom. The molecule has 0 unspecified atom stereocenters. The minimum absolute atomic E-state index is 0.0448. The van der Waals surface area contributed by atoms with Crippen molar-refractivity contribution in [3.8, 4) is 0 Å². The molecule has 0 spiro atoms. The zero-order valence-electron chi connectivity index (χ0n) is 15.9. The summed E-state index contributed by atoms with van der Waals surface area (Å²) < 4.78 is 40.6. The van der Waals surface area contributed by atoms with Crippen molar-refractivity contribution in [2.75, 3.05) is 6.54 Å². The summed E-state index contributed by atoms with van der Waals surface area (Å²) in [6.45, 7) is 0.332. The van der Waals surface area contributed by atoms with Crippen molar-refractivity contribution in [2.45, 2.75) is 67.8 Å². The van der Waals surface area contributed by atoms with Crippen LogP contribution in [0, 0.1) is 23.6 Å². The van der Waals surface area contributed by atoms with Gasteiger partial charge in [0.05, 0.1) is 4.90 Å². The molecule has 1 aliphatic heterocycles. The Balaban J connectivity index is 1.35. The Bertz CT molecular complexity index is 848. The molecule has 7 heteroatoms. The van der Waals surface area contributed by atoms with E-state index in [9.17, 15) is 17.6 Å². The highest BCUT2D eigenvalue weighted by Crippen LogP contribution is 2.55. The van der Waals surface area contributed by atoms with E-state index in [0.29, 0.717) is 37.1 Å². The highest BCUT2D eigenvalue weighted by atomic mass is 32.2. The van der Waals surface area contributed by atoms with Gasteiger partial charge in [-0.25, -0.2) is 12.8 Å². The number of benzene rings is 1. The van der Waals surface area contributed by atoms with Gasteiger partial charge < -0.3 is 5.32 Å². The van der Waals surface area contributed by atoms with Crippen LogP contribution in [0.5, 0.6) is 0 Å². The monoisotopic (exact) mass is 406 g/mol. The summed E-state index contributed by atoms with van der Waals surface area (Å²) in [5.74, 6) is 1.53. The summed E-state index contributed by atoms with van der Waals surface area (Å²) in [5.41, 5.74) is -0.125. The highest BCUT2D eigenvalue weighted by molar-refractivity contribution is 7.89. The van der Waals surface area contributed by atoms with Gasteiger partial charge in [0.2, 0.25) is 15.9 Å². The summed E-state index contributed by atoms with van der Waals surface area (Å²) in [6.07, 6.45) is 8.22. The summed E-state index contributed by atoms with van der Waals surface area (Å²) in [6, 6.07) is 4.18. The molecule has 1 atom stereocenters. The smallest absolute Gasteiger partial charge is 0.243 e. The van der Waals surface area contributed by atoms with Crippen LogP contribution in [0.25, 0.3) is 0 Å². The minimum Gasteiger partial charge on any atom is -0.349 e. The topological polar surface area (TPSA) is 66.5 Å². The zero-order valence-corrected chi connectivity index (χ0v) is 16.8. The number of halogens is 1. The van der Waals surface area contributed by atoms with E-state index in [1.165, 1.54) is 35.7 Å².